The Balaban J connectivity index is 2.72. The van der Waals surface area contributed by atoms with E-state index in [0.29, 0.717) is 0 Å². The largest absolute Gasteiger partial charge is 0.135 e. The van der Waals surface area contributed by atoms with Crippen LogP contribution in [0.2, 0.25) is 0 Å². The van der Waals surface area contributed by atoms with E-state index in [4.69, 9.17) is 0 Å². The molecule has 0 atom stereocenters. The first-order chi connectivity index (χ1) is 7.27. The summed E-state index contributed by atoms with van der Waals surface area (Å²) in [5.74, 6) is 0. The highest BCUT2D eigenvalue weighted by atomic mass is 32.1. The van der Waals surface area contributed by atoms with Crippen molar-refractivity contribution in [2.24, 2.45) is 0 Å². The van der Waals surface area contributed by atoms with Crippen molar-refractivity contribution in [2.45, 2.75) is 0 Å². The predicted octanol–water partition coefficient (Wildman–Crippen LogP) is 2.88. The number of benzene rings is 2. The van der Waals surface area contributed by atoms with Crippen molar-refractivity contribution in [3.8, 4) is 0 Å². The molecule has 3 aromatic rings. The van der Waals surface area contributed by atoms with Gasteiger partial charge in [-0.3, -0.25) is 0 Å². The van der Waals surface area contributed by atoms with Crippen LogP contribution in [-0.4, -0.2) is 0 Å². The third kappa shape index (κ3) is 1.13. The second-order valence-corrected chi connectivity index (χ2v) is 4.73. The van der Waals surface area contributed by atoms with Crippen LogP contribution in [0.5, 0.6) is 0 Å². The third-order valence-corrected chi connectivity index (χ3v) is 3.99. The fourth-order valence-electron chi connectivity index (χ4n) is 1.89. The van der Waals surface area contributed by atoms with E-state index in [9.17, 15) is 0 Å². The van der Waals surface area contributed by atoms with Gasteiger partial charge >= 0.3 is 0 Å². The van der Waals surface area contributed by atoms with Crippen molar-refractivity contribution in [3.05, 3.63) is 46.8 Å². The van der Waals surface area contributed by atoms with E-state index in [1.165, 1.54) is 20.2 Å². The Morgan fingerprint density at radius 1 is 0.867 bits per heavy atom. The predicted molar refractivity (Wildman–Crippen MR) is 69.6 cm³/mol. The van der Waals surface area contributed by atoms with Gasteiger partial charge in [-0.25, -0.2) is 0 Å². The van der Waals surface area contributed by atoms with E-state index in [1.54, 1.807) is 11.3 Å². The zero-order valence-electron chi connectivity index (χ0n) is 8.29. The van der Waals surface area contributed by atoms with E-state index >= 15 is 0 Å². The van der Waals surface area contributed by atoms with Gasteiger partial charge in [0.2, 0.25) is 0 Å². The highest BCUT2D eigenvalue weighted by molar-refractivity contribution is 7.25. The Labute approximate surface area is 91.8 Å². The van der Waals surface area contributed by atoms with Crippen LogP contribution in [0.3, 0.4) is 0 Å². The van der Waals surface area contributed by atoms with Gasteiger partial charge in [0.1, 0.15) is 0 Å². The van der Waals surface area contributed by atoms with Crippen molar-refractivity contribution in [1.29, 1.82) is 0 Å². The van der Waals surface area contributed by atoms with Gasteiger partial charge in [0, 0.05) is 20.2 Å². The summed E-state index contributed by atoms with van der Waals surface area (Å²) in [4.78, 5) is 0. The summed E-state index contributed by atoms with van der Waals surface area (Å²) in [6.45, 7) is 8.08. The average molecular weight is 210 g/mol. The van der Waals surface area contributed by atoms with Gasteiger partial charge in [-0.2, -0.15) is 0 Å². The summed E-state index contributed by atoms with van der Waals surface area (Å²) < 4.78 is 2.59. The summed E-state index contributed by atoms with van der Waals surface area (Å²) in [6.07, 6.45) is 0. The molecule has 2 aromatic carbocycles. The van der Waals surface area contributed by atoms with Crippen molar-refractivity contribution in [2.75, 3.05) is 0 Å². The molecule has 0 bridgehead atoms. The van der Waals surface area contributed by atoms with Crippen LogP contribution in [0.4, 0.5) is 0 Å². The zero-order valence-corrected chi connectivity index (χ0v) is 9.10. The lowest BCUT2D eigenvalue weighted by atomic mass is 10.1. The van der Waals surface area contributed by atoms with Crippen LogP contribution in [0.15, 0.2) is 36.4 Å². The molecule has 0 nitrogen and oxygen atoms in total. The molecule has 0 aliphatic carbocycles. The highest BCUT2D eigenvalue weighted by Gasteiger charge is 2.03. The van der Waals surface area contributed by atoms with E-state index in [1.807, 2.05) is 6.07 Å². The van der Waals surface area contributed by atoms with Crippen molar-refractivity contribution < 1.29 is 0 Å². The number of hydrogen-bond acceptors (Lipinski definition) is 1. The minimum atomic E-state index is 1.02. The maximum Gasteiger partial charge on any atom is 0.0427 e. The molecule has 0 aliphatic heterocycles. The van der Waals surface area contributed by atoms with Crippen LogP contribution in [-0.2, 0) is 0 Å². The molecule has 0 spiro atoms. The van der Waals surface area contributed by atoms with Gasteiger partial charge in [-0.1, -0.05) is 43.5 Å². The lowest BCUT2D eigenvalue weighted by molar-refractivity contribution is 1.65. The summed E-state index contributed by atoms with van der Waals surface area (Å²) in [6, 6.07) is 12.7. The van der Waals surface area contributed by atoms with Gasteiger partial charge in [-0.05, 0) is 16.5 Å². The molecule has 0 amide bonds. The first-order valence-electron chi connectivity index (χ1n) is 4.85. The lowest BCUT2D eigenvalue weighted by Crippen LogP contribution is -2.20. The first-order valence-corrected chi connectivity index (χ1v) is 5.67. The first kappa shape index (κ1) is 8.69. The molecule has 1 heteroatoms. The molecule has 0 radical (unpaired) electrons. The SMILES string of the molecule is C=c1ccc2c(sc3ccccc32)c1=C. The molecule has 1 aromatic heterocycles. The lowest BCUT2D eigenvalue weighted by Gasteiger charge is -1.91. The Hall–Kier alpha value is -1.60. The second kappa shape index (κ2) is 2.94. The Bertz CT molecular complexity index is 750. The third-order valence-electron chi connectivity index (χ3n) is 2.75. The molecular formula is C14H10S. The van der Waals surface area contributed by atoms with Crippen LogP contribution < -0.4 is 10.4 Å². The maximum atomic E-state index is 4.09. The smallest absolute Gasteiger partial charge is 0.0427 e. The molecule has 0 saturated carbocycles. The Morgan fingerprint density at radius 3 is 2.53 bits per heavy atom. The minimum Gasteiger partial charge on any atom is -0.135 e. The van der Waals surface area contributed by atoms with Crippen LogP contribution in [0, 0.1) is 0 Å². The molecule has 0 aliphatic rings. The van der Waals surface area contributed by atoms with Gasteiger partial charge in [-0.15, -0.1) is 11.3 Å². The molecule has 3 rings (SSSR count). The molecule has 0 N–H and O–H groups in total. The highest BCUT2D eigenvalue weighted by Crippen LogP contribution is 2.30. The minimum absolute atomic E-state index is 1.02. The topological polar surface area (TPSA) is 0 Å². The number of thiophene rings is 1. The summed E-state index contributed by atoms with van der Waals surface area (Å²) in [7, 11) is 0. The number of rotatable bonds is 0. The van der Waals surface area contributed by atoms with E-state index in [-0.39, 0.29) is 0 Å². The Kier molecular flexibility index (Phi) is 1.70. The quantitative estimate of drug-likeness (QED) is 0.535. The molecule has 0 saturated heterocycles. The normalized spacial score (nSPS) is 11.2. The van der Waals surface area contributed by atoms with E-state index in [2.05, 4.69) is 43.5 Å². The van der Waals surface area contributed by atoms with Crippen molar-refractivity contribution >= 4 is 44.7 Å². The molecule has 0 fully saturated rings. The summed E-state index contributed by atoms with van der Waals surface area (Å²) in [5.41, 5.74) is 0. The van der Waals surface area contributed by atoms with Crippen LogP contribution in [0.25, 0.3) is 33.3 Å². The average Bonchev–Trinajstić information content (AvgIpc) is 2.63. The number of hydrogen-bond donors (Lipinski definition) is 0. The molecule has 72 valence electrons. The zero-order chi connectivity index (χ0) is 10.4. The molecule has 1 heterocycles. The van der Waals surface area contributed by atoms with Crippen molar-refractivity contribution in [1.82, 2.24) is 0 Å². The van der Waals surface area contributed by atoms with Gasteiger partial charge in [0.15, 0.2) is 0 Å². The molecular weight excluding hydrogens is 200 g/mol. The maximum absolute atomic E-state index is 4.09. The molecule has 15 heavy (non-hydrogen) atoms. The van der Waals surface area contributed by atoms with Gasteiger partial charge < -0.3 is 0 Å². The fraction of sp³-hybridized carbons (Fsp3) is 0. The second-order valence-electron chi connectivity index (χ2n) is 3.68. The van der Waals surface area contributed by atoms with Crippen LogP contribution >= 0.6 is 11.3 Å². The summed E-state index contributed by atoms with van der Waals surface area (Å²) >= 11 is 1.80. The summed E-state index contributed by atoms with van der Waals surface area (Å²) in [5, 5.41) is 4.71. The fourth-order valence-corrected chi connectivity index (χ4v) is 3.08. The molecule has 0 unspecified atom stereocenters. The Morgan fingerprint density at radius 2 is 1.67 bits per heavy atom. The van der Waals surface area contributed by atoms with E-state index in [0.717, 1.165) is 10.4 Å². The van der Waals surface area contributed by atoms with Crippen LogP contribution in [0.1, 0.15) is 0 Å². The van der Waals surface area contributed by atoms with E-state index < -0.39 is 0 Å². The van der Waals surface area contributed by atoms with Gasteiger partial charge in [0.25, 0.3) is 0 Å². The number of fused-ring (bicyclic) bond motifs is 3. The monoisotopic (exact) mass is 210 g/mol. The van der Waals surface area contributed by atoms with Crippen molar-refractivity contribution in [3.63, 3.8) is 0 Å². The standard InChI is InChI=1S/C14H10S/c1-9-7-8-12-11-5-3-4-6-13(11)15-14(12)10(9)2/h3-8H,1-2H2. The van der Waals surface area contributed by atoms with Gasteiger partial charge in [0.05, 0.1) is 0 Å².